The molecule has 1 atom stereocenters. The Balaban J connectivity index is 2.90. The summed E-state index contributed by atoms with van der Waals surface area (Å²) in [6.07, 6.45) is -0.664. The van der Waals surface area contributed by atoms with Gasteiger partial charge in [-0.1, -0.05) is 0 Å². The Morgan fingerprint density at radius 1 is 1.30 bits per heavy atom. The predicted molar refractivity (Wildman–Crippen MR) is 71.6 cm³/mol. The van der Waals surface area contributed by atoms with E-state index in [0.717, 1.165) is 0 Å². The average Bonchev–Trinajstić information content (AvgIpc) is 2.36. The van der Waals surface area contributed by atoms with Crippen molar-refractivity contribution in [3.05, 3.63) is 30.1 Å². The van der Waals surface area contributed by atoms with Crippen LogP contribution in [0.15, 0.2) is 24.3 Å². The summed E-state index contributed by atoms with van der Waals surface area (Å²) in [7, 11) is 0. The van der Waals surface area contributed by atoms with Crippen LogP contribution in [0.4, 0.5) is 10.1 Å². The zero-order valence-electron chi connectivity index (χ0n) is 11.8. The molecule has 0 aliphatic carbocycles. The maximum absolute atomic E-state index is 12.9. The smallest absolute Gasteiger partial charge is 0.325 e. The zero-order chi connectivity index (χ0) is 15.1. The lowest BCUT2D eigenvalue weighted by molar-refractivity contribution is -0.148. The van der Waals surface area contributed by atoms with E-state index < -0.39 is 18.2 Å². The number of hydrogen-bond acceptors (Lipinski definition) is 5. The fourth-order valence-electron chi connectivity index (χ4n) is 1.71. The first-order valence-corrected chi connectivity index (χ1v) is 6.29. The van der Waals surface area contributed by atoms with Gasteiger partial charge in [-0.05, 0) is 38.1 Å². The van der Waals surface area contributed by atoms with E-state index in [2.05, 4.69) is 0 Å². The molecule has 0 aliphatic heterocycles. The molecule has 0 saturated carbocycles. The molecular weight excluding hydrogens is 265 g/mol. The molecule has 5 nitrogen and oxygen atoms in total. The Kier molecular flexibility index (Phi) is 5.96. The standard InChI is InChI=1S/C14H18FNO4/c1-4-19-14(18)9-16(10(2)20-11(3)17)13-7-5-12(15)6-8-13/h5-8,10H,4,9H2,1-3H3. The van der Waals surface area contributed by atoms with Gasteiger partial charge in [0, 0.05) is 12.6 Å². The summed E-state index contributed by atoms with van der Waals surface area (Å²) in [4.78, 5) is 24.2. The normalized spacial score (nSPS) is 11.6. The predicted octanol–water partition coefficient (Wildman–Crippen LogP) is 2.10. The van der Waals surface area contributed by atoms with Crippen molar-refractivity contribution >= 4 is 17.6 Å². The maximum atomic E-state index is 12.9. The van der Waals surface area contributed by atoms with Crippen LogP contribution < -0.4 is 4.90 Å². The van der Waals surface area contributed by atoms with Crippen LogP contribution in [0.3, 0.4) is 0 Å². The summed E-state index contributed by atoms with van der Waals surface area (Å²) in [5, 5.41) is 0. The van der Waals surface area contributed by atoms with Crippen LogP contribution in [-0.2, 0) is 19.1 Å². The third-order valence-corrected chi connectivity index (χ3v) is 2.54. The van der Waals surface area contributed by atoms with E-state index in [1.54, 1.807) is 13.8 Å². The number of halogens is 1. The molecule has 1 rings (SSSR count). The summed E-state index contributed by atoms with van der Waals surface area (Å²) in [6, 6.07) is 5.56. The molecule has 1 aromatic carbocycles. The minimum Gasteiger partial charge on any atom is -0.465 e. The summed E-state index contributed by atoms with van der Waals surface area (Å²) in [5.41, 5.74) is 0.563. The Bertz CT molecular complexity index is 461. The monoisotopic (exact) mass is 283 g/mol. The van der Waals surface area contributed by atoms with Gasteiger partial charge in [0.05, 0.1) is 6.61 Å². The van der Waals surface area contributed by atoms with Crippen LogP contribution in [0.25, 0.3) is 0 Å². The number of anilines is 1. The Labute approximate surface area is 117 Å². The summed E-state index contributed by atoms with van der Waals surface area (Å²) >= 11 is 0. The van der Waals surface area contributed by atoms with Crippen molar-refractivity contribution in [3.8, 4) is 0 Å². The lowest BCUT2D eigenvalue weighted by Gasteiger charge is -2.29. The third-order valence-electron chi connectivity index (χ3n) is 2.54. The molecule has 0 saturated heterocycles. The molecule has 0 spiro atoms. The van der Waals surface area contributed by atoms with E-state index in [1.165, 1.54) is 36.1 Å². The highest BCUT2D eigenvalue weighted by molar-refractivity contribution is 5.76. The van der Waals surface area contributed by atoms with Gasteiger partial charge in [0.15, 0.2) is 6.23 Å². The van der Waals surface area contributed by atoms with Crippen LogP contribution in [0.5, 0.6) is 0 Å². The highest BCUT2D eigenvalue weighted by Gasteiger charge is 2.20. The van der Waals surface area contributed by atoms with Crippen molar-refractivity contribution in [2.75, 3.05) is 18.1 Å². The molecule has 1 aromatic rings. The second-order valence-corrected chi connectivity index (χ2v) is 4.12. The van der Waals surface area contributed by atoms with Crippen LogP contribution in [-0.4, -0.2) is 31.3 Å². The lowest BCUT2D eigenvalue weighted by Crippen LogP contribution is -2.40. The second kappa shape index (κ2) is 7.47. The van der Waals surface area contributed by atoms with E-state index >= 15 is 0 Å². The summed E-state index contributed by atoms with van der Waals surface area (Å²) in [6.45, 7) is 4.79. The molecule has 0 aromatic heterocycles. The third kappa shape index (κ3) is 4.87. The molecule has 1 unspecified atom stereocenters. The zero-order valence-corrected chi connectivity index (χ0v) is 11.8. The van der Waals surface area contributed by atoms with E-state index in [9.17, 15) is 14.0 Å². The van der Waals surface area contributed by atoms with Gasteiger partial charge < -0.3 is 14.4 Å². The van der Waals surface area contributed by atoms with Crippen molar-refractivity contribution in [3.63, 3.8) is 0 Å². The molecule has 6 heteroatoms. The molecule has 0 aliphatic rings. The number of hydrogen-bond donors (Lipinski definition) is 0. The number of carbonyl (C=O) groups excluding carboxylic acids is 2. The SMILES string of the molecule is CCOC(=O)CN(c1ccc(F)cc1)C(C)OC(C)=O. The van der Waals surface area contributed by atoms with Gasteiger partial charge in [0.25, 0.3) is 0 Å². The maximum Gasteiger partial charge on any atom is 0.325 e. The van der Waals surface area contributed by atoms with Crippen LogP contribution in [0.2, 0.25) is 0 Å². The molecule has 20 heavy (non-hydrogen) atoms. The molecular formula is C14H18FNO4. The number of rotatable bonds is 6. The Hall–Kier alpha value is -2.11. The molecule has 0 fully saturated rings. The number of nitrogens with zero attached hydrogens (tertiary/aromatic N) is 1. The van der Waals surface area contributed by atoms with E-state index in [-0.39, 0.29) is 19.0 Å². The lowest BCUT2D eigenvalue weighted by atomic mass is 10.2. The van der Waals surface area contributed by atoms with Crippen LogP contribution >= 0.6 is 0 Å². The van der Waals surface area contributed by atoms with Crippen molar-refractivity contribution < 1.29 is 23.5 Å². The van der Waals surface area contributed by atoms with Crippen molar-refractivity contribution in [1.29, 1.82) is 0 Å². The average molecular weight is 283 g/mol. The van der Waals surface area contributed by atoms with Gasteiger partial charge in [0.2, 0.25) is 0 Å². The van der Waals surface area contributed by atoms with Crippen molar-refractivity contribution in [2.24, 2.45) is 0 Å². The van der Waals surface area contributed by atoms with Gasteiger partial charge in [-0.25, -0.2) is 4.39 Å². The topological polar surface area (TPSA) is 55.8 Å². The minimum absolute atomic E-state index is 0.0894. The highest BCUT2D eigenvalue weighted by atomic mass is 19.1. The number of esters is 2. The first kappa shape index (κ1) is 15.9. The van der Waals surface area contributed by atoms with Crippen LogP contribution in [0, 0.1) is 5.82 Å². The van der Waals surface area contributed by atoms with Crippen molar-refractivity contribution in [1.82, 2.24) is 0 Å². The number of benzene rings is 1. The second-order valence-electron chi connectivity index (χ2n) is 4.12. The largest absolute Gasteiger partial charge is 0.465 e. The molecule has 0 N–H and O–H groups in total. The van der Waals surface area contributed by atoms with E-state index in [1.807, 2.05) is 0 Å². The summed E-state index contributed by atoms with van der Waals surface area (Å²) < 4.78 is 22.9. The fourth-order valence-corrected chi connectivity index (χ4v) is 1.71. The van der Waals surface area contributed by atoms with E-state index in [4.69, 9.17) is 9.47 Å². The van der Waals surface area contributed by atoms with Crippen LogP contribution in [0.1, 0.15) is 20.8 Å². The van der Waals surface area contributed by atoms with Gasteiger partial charge >= 0.3 is 11.9 Å². The Morgan fingerprint density at radius 2 is 1.90 bits per heavy atom. The van der Waals surface area contributed by atoms with Gasteiger partial charge in [0.1, 0.15) is 12.4 Å². The van der Waals surface area contributed by atoms with Gasteiger partial charge in [-0.2, -0.15) is 0 Å². The first-order chi connectivity index (χ1) is 9.43. The highest BCUT2D eigenvalue weighted by Crippen LogP contribution is 2.18. The quantitative estimate of drug-likeness (QED) is 0.591. The molecule has 0 bridgehead atoms. The molecule has 0 amide bonds. The number of ether oxygens (including phenoxy) is 2. The van der Waals surface area contributed by atoms with Gasteiger partial charge in [-0.3, -0.25) is 9.59 Å². The summed E-state index contributed by atoms with van der Waals surface area (Å²) in [5.74, 6) is -1.30. The minimum atomic E-state index is -0.664. The molecule has 110 valence electrons. The molecule has 0 heterocycles. The molecule has 0 radical (unpaired) electrons. The Morgan fingerprint density at radius 3 is 2.40 bits per heavy atom. The van der Waals surface area contributed by atoms with E-state index in [0.29, 0.717) is 5.69 Å². The first-order valence-electron chi connectivity index (χ1n) is 6.29. The fraction of sp³-hybridized carbons (Fsp3) is 0.429. The van der Waals surface area contributed by atoms with Crippen molar-refractivity contribution in [2.45, 2.75) is 27.0 Å². The van der Waals surface area contributed by atoms with Gasteiger partial charge in [-0.15, -0.1) is 0 Å². The number of carbonyl (C=O) groups is 2.